The van der Waals surface area contributed by atoms with Crippen LogP contribution in [0.25, 0.3) is 0 Å². The van der Waals surface area contributed by atoms with Crippen LogP contribution in [0, 0.1) is 5.82 Å². The van der Waals surface area contributed by atoms with E-state index in [-0.39, 0.29) is 11.5 Å². The summed E-state index contributed by atoms with van der Waals surface area (Å²) < 4.78 is 13.2. The van der Waals surface area contributed by atoms with E-state index < -0.39 is 0 Å². The van der Waals surface area contributed by atoms with Crippen LogP contribution in [0.5, 0.6) is 0 Å². The molecule has 1 aliphatic rings. The van der Waals surface area contributed by atoms with E-state index in [0.29, 0.717) is 0 Å². The van der Waals surface area contributed by atoms with Crippen molar-refractivity contribution in [1.29, 1.82) is 0 Å². The molecule has 1 saturated heterocycles. The number of hydrogen-bond acceptors (Lipinski definition) is 3. The molecule has 0 bridgehead atoms. The molecule has 2 rings (SSSR count). The van der Waals surface area contributed by atoms with Gasteiger partial charge in [0.25, 0.3) is 0 Å². The number of thioether (sulfide) groups is 1. The number of benzene rings is 1. The van der Waals surface area contributed by atoms with Gasteiger partial charge in [0.2, 0.25) is 0 Å². The quantitative estimate of drug-likeness (QED) is 0.648. The Kier molecular flexibility index (Phi) is 4.07. The van der Waals surface area contributed by atoms with Crippen molar-refractivity contribution < 1.29 is 4.39 Å². The van der Waals surface area contributed by atoms with Crippen molar-refractivity contribution in [3.8, 4) is 0 Å². The van der Waals surface area contributed by atoms with Gasteiger partial charge in [0.15, 0.2) is 0 Å². The molecular weight excluding hydrogens is 223 g/mol. The summed E-state index contributed by atoms with van der Waals surface area (Å²) in [5, 5.41) is 0. The summed E-state index contributed by atoms with van der Waals surface area (Å²) in [7, 11) is 0. The van der Waals surface area contributed by atoms with E-state index in [0.717, 1.165) is 17.2 Å². The minimum Gasteiger partial charge on any atom is -0.396 e. The van der Waals surface area contributed by atoms with Gasteiger partial charge in [0.1, 0.15) is 5.82 Å². The van der Waals surface area contributed by atoms with Crippen molar-refractivity contribution in [2.24, 2.45) is 0 Å². The fraction of sp³-hybridized carbons (Fsp3) is 0.500. The lowest BCUT2D eigenvalue weighted by Crippen LogP contribution is -2.21. The molecule has 2 N–H and O–H groups in total. The topological polar surface area (TPSA) is 29.3 Å². The summed E-state index contributed by atoms with van der Waals surface area (Å²) in [6.45, 7) is 3.53. The summed E-state index contributed by atoms with van der Waals surface area (Å²) in [6, 6.07) is 5.03. The number of likely N-dealkylation sites (tertiary alicyclic amines) is 1. The molecule has 4 heteroatoms. The lowest BCUT2D eigenvalue weighted by atomic mass is 10.3. The fourth-order valence-corrected chi connectivity index (χ4v) is 2.83. The van der Waals surface area contributed by atoms with Crippen LogP contribution in [0.2, 0.25) is 0 Å². The van der Waals surface area contributed by atoms with E-state index in [9.17, 15) is 4.39 Å². The lowest BCUT2D eigenvalue weighted by Gasteiger charge is -2.13. The van der Waals surface area contributed by atoms with Gasteiger partial charge in [0.05, 0.1) is 5.69 Å². The molecule has 1 heterocycles. The number of nitrogens with zero attached hydrogens (tertiary/aromatic N) is 1. The molecule has 1 fully saturated rings. The molecule has 88 valence electrons. The zero-order valence-corrected chi connectivity index (χ0v) is 10.1. The third kappa shape index (κ3) is 3.12. The molecule has 0 unspecified atom stereocenters. The monoisotopic (exact) mass is 240 g/mol. The second-order valence-corrected chi connectivity index (χ2v) is 5.25. The number of rotatable bonds is 4. The van der Waals surface area contributed by atoms with E-state index in [4.69, 9.17) is 5.73 Å². The van der Waals surface area contributed by atoms with Crippen LogP contribution in [0.4, 0.5) is 10.1 Å². The molecule has 0 saturated carbocycles. The minimum absolute atomic E-state index is 0.226. The summed E-state index contributed by atoms with van der Waals surface area (Å²) in [4.78, 5) is 3.42. The number of anilines is 1. The first-order valence-electron chi connectivity index (χ1n) is 5.66. The first-order valence-corrected chi connectivity index (χ1v) is 6.64. The van der Waals surface area contributed by atoms with Crippen molar-refractivity contribution in [1.82, 2.24) is 4.90 Å². The van der Waals surface area contributed by atoms with Crippen molar-refractivity contribution in [2.45, 2.75) is 17.7 Å². The highest BCUT2D eigenvalue weighted by Crippen LogP contribution is 2.22. The number of nitrogen functional groups attached to an aromatic ring is 1. The molecule has 0 radical (unpaired) electrons. The van der Waals surface area contributed by atoms with E-state index in [2.05, 4.69) is 4.90 Å². The lowest BCUT2D eigenvalue weighted by molar-refractivity contribution is 0.362. The molecule has 2 nitrogen and oxygen atoms in total. The van der Waals surface area contributed by atoms with Gasteiger partial charge in [0, 0.05) is 17.2 Å². The van der Waals surface area contributed by atoms with E-state index in [1.807, 2.05) is 6.07 Å². The second-order valence-electron chi connectivity index (χ2n) is 4.08. The Morgan fingerprint density at radius 1 is 1.31 bits per heavy atom. The Morgan fingerprint density at radius 3 is 2.75 bits per heavy atom. The summed E-state index contributed by atoms with van der Waals surface area (Å²) in [5.74, 6) is 0.703. The zero-order chi connectivity index (χ0) is 11.4. The van der Waals surface area contributed by atoms with E-state index in [1.54, 1.807) is 17.8 Å². The SMILES string of the molecule is Nc1ccc(SCCN2CCCC2)cc1F. The van der Waals surface area contributed by atoms with Crippen LogP contribution < -0.4 is 5.73 Å². The summed E-state index contributed by atoms with van der Waals surface area (Å²) >= 11 is 1.69. The molecule has 0 aliphatic carbocycles. The highest BCUT2D eigenvalue weighted by molar-refractivity contribution is 7.99. The second kappa shape index (κ2) is 5.55. The third-order valence-corrected chi connectivity index (χ3v) is 3.82. The van der Waals surface area contributed by atoms with Crippen molar-refractivity contribution in [3.05, 3.63) is 24.0 Å². The Morgan fingerprint density at radius 2 is 2.06 bits per heavy atom. The van der Waals surface area contributed by atoms with Crippen LogP contribution in [0.15, 0.2) is 23.1 Å². The minimum atomic E-state index is -0.314. The van der Waals surface area contributed by atoms with Crippen LogP contribution in [0.1, 0.15) is 12.8 Å². The van der Waals surface area contributed by atoms with Gasteiger partial charge in [-0.15, -0.1) is 11.8 Å². The average Bonchev–Trinajstić information content (AvgIpc) is 2.76. The highest BCUT2D eigenvalue weighted by atomic mass is 32.2. The fourth-order valence-electron chi connectivity index (χ4n) is 1.90. The average molecular weight is 240 g/mol. The van der Waals surface area contributed by atoms with Crippen molar-refractivity contribution >= 4 is 17.4 Å². The standard InChI is InChI=1S/C12H17FN2S/c13-11-9-10(3-4-12(11)14)16-8-7-15-5-1-2-6-15/h3-4,9H,1-2,5-8,14H2. The van der Waals surface area contributed by atoms with Crippen LogP contribution in [-0.4, -0.2) is 30.3 Å². The molecule has 0 atom stereocenters. The molecule has 1 aliphatic heterocycles. The van der Waals surface area contributed by atoms with Crippen molar-refractivity contribution in [2.75, 3.05) is 31.1 Å². The van der Waals surface area contributed by atoms with Gasteiger partial charge in [-0.25, -0.2) is 4.39 Å². The maximum absolute atomic E-state index is 13.2. The molecule has 1 aromatic carbocycles. The predicted molar refractivity (Wildman–Crippen MR) is 67.2 cm³/mol. The number of hydrogen-bond donors (Lipinski definition) is 1. The van der Waals surface area contributed by atoms with Gasteiger partial charge >= 0.3 is 0 Å². The highest BCUT2D eigenvalue weighted by Gasteiger charge is 2.10. The zero-order valence-electron chi connectivity index (χ0n) is 9.29. The molecular formula is C12H17FN2S. The largest absolute Gasteiger partial charge is 0.396 e. The van der Waals surface area contributed by atoms with Crippen LogP contribution in [-0.2, 0) is 0 Å². The molecule has 0 amide bonds. The number of nitrogens with two attached hydrogens (primary N) is 1. The number of halogens is 1. The molecule has 1 aromatic rings. The normalized spacial score (nSPS) is 16.8. The first-order chi connectivity index (χ1) is 7.75. The van der Waals surface area contributed by atoms with Gasteiger partial charge in [-0.2, -0.15) is 0 Å². The maximum atomic E-state index is 13.2. The molecule has 16 heavy (non-hydrogen) atoms. The molecule has 0 spiro atoms. The van der Waals surface area contributed by atoms with Crippen molar-refractivity contribution in [3.63, 3.8) is 0 Å². The van der Waals surface area contributed by atoms with Gasteiger partial charge in [-0.05, 0) is 44.1 Å². The van der Waals surface area contributed by atoms with Gasteiger partial charge in [-0.3, -0.25) is 0 Å². The third-order valence-electron chi connectivity index (χ3n) is 2.85. The van der Waals surface area contributed by atoms with Crippen LogP contribution >= 0.6 is 11.8 Å². The first kappa shape index (κ1) is 11.7. The van der Waals surface area contributed by atoms with E-state index in [1.165, 1.54) is 32.0 Å². The Bertz CT molecular complexity index is 351. The Hall–Kier alpha value is -0.740. The predicted octanol–water partition coefficient (Wildman–Crippen LogP) is 2.60. The van der Waals surface area contributed by atoms with Crippen LogP contribution in [0.3, 0.4) is 0 Å². The summed E-state index contributed by atoms with van der Waals surface area (Å²) in [5.41, 5.74) is 5.65. The smallest absolute Gasteiger partial charge is 0.147 e. The Labute approximate surface area is 100 Å². The van der Waals surface area contributed by atoms with Gasteiger partial charge in [-0.1, -0.05) is 0 Å². The maximum Gasteiger partial charge on any atom is 0.147 e. The van der Waals surface area contributed by atoms with Gasteiger partial charge < -0.3 is 10.6 Å². The molecule has 0 aromatic heterocycles. The Balaban J connectivity index is 1.78. The van der Waals surface area contributed by atoms with E-state index >= 15 is 0 Å². The summed E-state index contributed by atoms with van der Waals surface area (Å²) in [6.07, 6.45) is 2.64.